The first-order valence-corrected chi connectivity index (χ1v) is 8.36. The van der Waals surface area contributed by atoms with E-state index in [1.165, 1.54) is 45.2 Å². The van der Waals surface area contributed by atoms with Gasteiger partial charge >= 0.3 is 0 Å². The van der Waals surface area contributed by atoms with Crippen molar-refractivity contribution in [3.05, 3.63) is 23.8 Å². The van der Waals surface area contributed by atoms with Gasteiger partial charge in [0.2, 0.25) is 0 Å². The molecule has 0 aromatic heterocycles. The van der Waals surface area contributed by atoms with Crippen LogP contribution in [0.4, 0.5) is 0 Å². The topological polar surface area (TPSA) is 38.8 Å². The van der Waals surface area contributed by atoms with Crippen molar-refractivity contribution < 1.29 is 14.3 Å². The molecular formula is C18H25NO3. The van der Waals surface area contributed by atoms with Crippen LogP contribution in [-0.2, 0) is 0 Å². The van der Waals surface area contributed by atoms with Crippen molar-refractivity contribution in [3.63, 3.8) is 0 Å². The van der Waals surface area contributed by atoms with Crippen molar-refractivity contribution in [1.82, 2.24) is 4.90 Å². The third-order valence-electron chi connectivity index (χ3n) is 4.88. The second-order valence-electron chi connectivity index (χ2n) is 6.28. The normalized spacial score (nSPS) is 25.9. The Balaban J connectivity index is 1.76. The van der Waals surface area contributed by atoms with Crippen molar-refractivity contribution in [2.24, 2.45) is 0 Å². The molecule has 2 aliphatic rings. The predicted octanol–water partition coefficient (Wildman–Crippen LogP) is 3.29. The van der Waals surface area contributed by atoms with E-state index in [9.17, 15) is 4.79 Å². The number of rotatable bonds is 5. The summed E-state index contributed by atoms with van der Waals surface area (Å²) in [6, 6.07) is 5.92. The number of methoxy groups -OCH3 is 1. The summed E-state index contributed by atoms with van der Waals surface area (Å²) in [5.74, 6) is 1.40. The average Bonchev–Trinajstić information content (AvgIpc) is 3.10. The van der Waals surface area contributed by atoms with Gasteiger partial charge in [-0.05, 0) is 63.4 Å². The fraction of sp³-hybridized carbons (Fsp3) is 0.611. The molecule has 3 rings (SSSR count). The smallest absolute Gasteiger partial charge is 0.161 e. The van der Waals surface area contributed by atoms with Crippen molar-refractivity contribution in [2.75, 3.05) is 20.2 Å². The number of hydrogen-bond acceptors (Lipinski definition) is 4. The Kier molecular flexibility index (Phi) is 4.98. The fourth-order valence-corrected chi connectivity index (χ4v) is 3.72. The zero-order chi connectivity index (χ0) is 15.4. The molecule has 1 aromatic rings. The molecule has 1 aromatic carbocycles. The first-order valence-electron chi connectivity index (χ1n) is 8.36. The molecule has 2 fully saturated rings. The number of nitrogens with zero attached hydrogens (tertiary/aromatic N) is 1. The van der Waals surface area contributed by atoms with Gasteiger partial charge in [0.15, 0.2) is 11.5 Å². The Morgan fingerprint density at radius 1 is 1.09 bits per heavy atom. The van der Waals surface area contributed by atoms with Crippen LogP contribution in [0.1, 0.15) is 48.9 Å². The van der Waals surface area contributed by atoms with E-state index >= 15 is 0 Å². The second kappa shape index (κ2) is 7.14. The van der Waals surface area contributed by atoms with Crippen molar-refractivity contribution in [2.45, 2.75) is 50.7 Å². The van der Waals surface area contributed by atoms with Gasteiger partial charge in [-0.15, -0.1) is 0 Å². The zero-order valence-electron chi connectivity index (χ0n) is 13.3. The molecule has 0 amide bonds. The minimum atomic E-state index is 0.225. The Labute approximate surface area is 132 Å². The number of carbonyl (C=O) groups excluding carboxylic acids is 1. The highest BCUT2D eigenvalue weighted by atomic mass is 16.5. The number of likely N-dealkylation sites (tertiary alicyclic amines) is 1. The second-order valence-corrected chi connectivity index (χ2v) is 6.28. The van der Waals surface area contributed by atoms with E-state index in [2.05, 4.69) is 4.90 Å². The van der Waals surface area contributed by atoms with Gasteiger partial charge in [0.05, 0.1) is 7.11 Å². The van der Waals surface area contributed by atoms with E-state index in [0.717, 1.165) is 18.5 Å². The summed E-state index contributed by atoms with van der Waals surface area (Å²) in [6.07, 6.45) is 8.51. The minimum Gasteiger partial charge on any atom is -0.493 e. The largest absolute Gasteiger partial charge is 0.493 e. The molecule has 0 bridgehead atoms. The van der Waals surface area contributed by atoms with E-state index in [4.69, 9.17) is 9.47 Å². The van der Waals surface area contributed by atoms with Crippen molar-refractivity contribution in [3.8, 4) is 11.5 Å². The van der Waals surface area contributed by atoms with E-state index in [1.807, 2.05) is 6.07 Å². The van der Waals surface area contributed by atoms with Gasteiger partial charge in [0.1, 0.15) is 12.4 Å². The number of aldehydes is 1. The van der Waals surface area contributed by atoms with Crippen LogP contribution in [0.15, 0.2) is 18.2 Å². The molecule has 2 unspecified atom stereocenters. The van der Waals surface area contributed by atoms with Gasteiger partial charge < -0.3 is 9.47 Å². The molecular weight excluding hydrogens is 278 g/mol. The summed E-state index contributed by atoms with van der Waals surface area (Å²) in [6.45, 7) is 2.40. The zero-order valence-corrected chi connectivity index (χ0v) is 13.3. The third-order valence-corrected chi connectivity index (χ3v) is 4.88. The van der Waals surface area contributed by atoms with Crippen LogP contribution in [0.5, 0.6) is 11.5 Å². The van der Waals surface area contributed by atoms with Crippen LogP contribution < -0.4 is 9.47 Å². The monoisotopic (exact) mass is 303 g/mol. The van der Waals surface area contributed by atoms with Crippen molar-refractivity contribution in [1.29, 1.82) is 0 Å². The van der Waals surface area contributed by atoms with E-state index < -0.39 is 0 Å². The lowest BCUT2D eigenvalue weighted by molar-refractivity contribution is 0.0468. The van der Waals surface area contributed by atoms with Gasteiger partial charge in [-0.3, -0.25) is 9.69 Å². The van der Waals surface area contributed by atoms with Crippen molar-refractivity contribution >= 4 is 6.29 Å². The maximum absolute atomic E-state index is 10.9. The fourth-order valence-electron chi connectivity index (χ4n) is 3.72. The minimum absolute atomic E-state index is 0.225. The van der Waals surface area contributed by atoms with Crippen LogP contribution in [0.2, 0.25) is 0 Å². The summed E-state index contributed by atoms with van der Waals surface area (Å²) in [5, 5.41) is 0. The highest BCUT2D eigenvalue weighted by Crippen LogP contribution is 2.34. The Morgan fingerprint density at radius 3 is 2.59 bits per heavy atom. The van der Waals surface area contributed by atoms with Crippen LogP contribution in [-0.4, -0.2) is 43.5 Å². The maximum atomic E-state index is 10.9. The molecule has 2 atom stereocenters. The lowest BCUT2D eigenvalue weighted by atomic mass is 9.91. The quantitative estimate of drug-likeness (QED) is 0.782. The lowest BCUT2D eigenvalue weighted by Crippen LogP contribution is -2.46. The Hall–Kier alpha value is -1.55. The molecule has 4 nitrogen and oxygen atoms in total. The summed E-state index contributed by atoms with van der Waals surface area (Å²) in [5.41, 5.74) is 0.615. The van der Waals surface area contributed by atoms with Crippen LogP contribution in [0.25, 0.3) is 0 Å². The van der Waals surface area contributed by atoms with Gasteiger partial charge in [0.25, 0.3) is 0 Å². The van der Waals surface area contributed by atoms with E-state index in [-0.39, 0.29) is 6.10 Å². The molecule has 4 heteroatoms. The standard InChI is InChI=1S/C18H25NO3/c1-21-18-12-14(13-20)8-9-17(18)22-16-7-3-2-6-15(16)19-10-4-5-11-19/h8-9,12-13,15-16H,2-7,10-11H2,1H3. The number of ether oxygens (including phenoxy) is 2. The van der Waals surface area contributed by atoms with Crippen LogP contribution in [0, 0.1) is 0 Å². The van der Waals surface area contributed by atoms with Gasteiger partial charge in [-0.25, -0.2) is 0 Å². The summed E-state index contributed by atoms with van der Waals surface area (Å²) >= 11 is 0. The number of hydrogen-bond donors (Lipinski definition) is 0. The molecule has 1 aliphatic heterocycles. The molecule has 22 heavy (non-hydrogen) atoms. The Bertz CT molecular complexity index is 511. The third kappa shape index (κ3) is 3.27. The lowest BCUT2D eigenvalue weighted by Gasteiger charge is -2.38. The van der Waals surface area contributed by atoms with E-state index in [0.29, 0.717) is 17.4 Å². The maximum Gasteiger partial charge on any atom is 0.161 e. The van der Waals surface area contributed by atoms with Gasteiger partial charge in [0, 0.05) is 11.6 Å². The first kappa shape index (κ1) is 15.3. The van der Waals surface area contributed by atoms with E-state index in [1.54, 1.807) is 19.2 Å². The van der Waals surface area contributed by atoms with Gasteiger partial charge in [-0.2, -0.15) is 0 Å². The first-order chi connectivity index (χ1) is 10.8. The molecule has 0 N–H and O–H groups in total. The Morgan fingerprint density at radius 2 is 1.86 bits per heavy atom. The summed E-state index contributed by atoms with van der Waals surface area (Å²) in [4.78, 5) is 13.5. The summed E-state index contributed by atoms with van der Waals surface area (Å²) < 4.78 is 11.7. The number of carbonyl (C=O) groups is 1. The molecule has 1 saturated heterocycles. The molecule has 120 valence electrons. The molecule has 0 spiro atoms. The highest BCUT2D eigenvalue weighted by Gasteiger charge is 2.33. The molecule has 1 aliphatic carbocycles. The SMILES string of the molecule is COc1cc(C=O)ccc1OC1CCCCC1N1CCCC1. The number of benzene rings is 1. The molecule has 1 heterocycles. The highest BCUT2D eigenvalue weighted by molar-refractivity contribution is 5.76. The van der Waals surface area contributed by atoms with Crippen LogP contribution in [0.3, 0.4) is 0 Å². The molecule has 1 saturated carbocycles. The average molecular weight is 303 g/mol. The molecule has 0 radical (unpaired) electrons. The van der Waals surface area contributed by atoms with Gasteiger partial charge in [-0.1, -0.05) is 6.42 Å². The predicted molar refractivity (Wildman–Crippen MR) is 85.9 cm³/mol. The summed E-state index contributed by atoms with van der Waals surface area (Å²) in [7, 11) is 1.62. The van der Waals surface area contributed by atoms with Crippen LogP contribution >= 0.6 is 0 Å².